The third kappa shape index (κ3) is 4.17. The van der Waals surface area contributed by atoms with Gasteiger partial charge in [-0.1, -0.05) is 6.07 Å². The highest BCUT2D eigenvalue weighted by Gasteiger charge is 2.39. The molecule has 1 unspecified atom stereocenters. The molecule has 0 bridgehead atoms. The number of carbonyl (C=O) groups is 1. The van der Waals surface area contributed by atoms with Crippen molar-refractivity contribution in [1.29, 1.82) is 0 Å². The number of nitrogens with one attached hydrogen (secondary N) is 1. The monoisotopic (exact) mass is 353 g/mol. The number of halogens is 1. The number of hydrogen-bond acceptors (Lipinski definition) is 5. The van der Waals surface area contributed by atoms with Crippen LogP contribution in [0.3, 0.4) is 0 Å². The molecule has 0 saturated carbocycles. The van der Waals surface area contributed by atoms with E-state index < -0.39 is 16.1 Å². The predicted octanol–water partition coefficient (Wildman–Crippen LogP) is 0.788. The first-order valence-electron chi connectivity index (χ1n) is 6.60. The van der Waals surface area contributed by atoms with Gasteiger partial charge in [-0.3, -0.25) is 4.79 Å². The Morgan fingerprint density at radius 2 is 2.29 bits per heavy atom. The summed E-state index contributed by atoms with van der Waals surface area (Å²) in [7, 11) is -3.55. The quantitative estimate of drug-likeness (QED) is 0.739. The third-order valence-corrected chi connectivity index (χ3v) is 6.53. The lowest BCUT2D eigenvalue weighted by atomic mass is 10.2. The molecule has 6 nitrogen and oxygen atoms in total. The van der Waals surface area contributed by atoms with Crippen molar-refractivity contribution < 1.29 is 13.2 Å². The Kier molecular flexibility index (Phi) is 7.08. The number of hydrogen-bond donors (Lipinski definition) is 2. The second kappa shape index (κ2) is 8.09. The molecule has 0 spiro atoms. The molecular weight excluding hydrogens is 334 g/mol. The molecule has 2 heterocycles. The van der Waals surface area contributed by atoms with Crippen molar-refractivity contribution in [1.82, 2.24) is 9.62 Å². The van der Waals surface area contributed by atoms with E-state index in [1.54, 1.807) is 17.5 Å². The van der Waals surface area contributed by atoms with E-state index in [-0.39, 0.29) is 18.3 Å². The molecule has 21 heavy (non-hydrogen) atoms. The molecule has 1 saturated heterocycles. The number of rotatable bonds is 6. The van der Waals surface area contributed by atoms with E-state index in [1.807, 2.05) is 0 Å². The summed E-state index contributed by atoms with van der Waals surface area (Å²) in [5.41, 5.74) is 5.37. The van der Waals surface area contributed by atoms with E-state index >= 15 is 0 Å². The highest BCUT2D eigenvalue weighted by molar-refractivity contribution is 7.91. The molecule has 1 aliphatic rings. The average Bonchev–Trinajstić information content (AvgIpc) is 3.10. The van der Waals surface area contributed by atoms with E-state index in [4.69, 9.17) is 5.73 Å². The molecule has 120 valence electrons. The molecule has 0 aliphatic carbocycles. The Morgan fingerprint density at radius 3 is 2.90 bits per heavy atom. The molecule has 1 aromatic heterocycles. The van der Waals surface area contributed by atoms with Gasteiger partial charge in [-0.05, 0) is 37.3 Å². The molecule has 1 fully saturated rings. The zero-order valence-corrected chi connectivity index (χ0v) is 14.0. The van der Waals surface area contributed by atoms with E-state index in [2.05, 4.69) is 5.32 Å². The summed E-state index contributed by atoms with van der Waals surface area (Å²) in [5, 5.41) is 4.47. The fourth-order valence-corrected chi connectivity index (χ4v) is 5.02. The molecule has 3 N–H and O–H groups in total. The van der Waals surface area contributed by atoms with Gasteiger partial charge in [-0.15, -0.1) is 23.7 Å². The van der Waals surface area contributed by atoms with Crippen LogP contribution in [0.15, 0.2) is 21.7 Å². The smallest absolute Gasteiger partial charge is 0.253 e. The predicted molar refractivity (Wildman–Crippen MR) is 85.2 cm³/mol. The van der Waals surface area contributed by atoms with Gasteiger partial charge >= 0.3 is 0 Å². The van der Waals surface area contributed by atoms with Crippen molar-refractivity contribution in [3.63, 3.8) is 0 Å². The molecule has 0 radical (unpaired) electrons. The van der Waals surface area contributed by atoms with Gasteiger partial charge in [0.05, 0.1) is 0 Å². The van der Waals surface area contributed by atoms with E-state index in [1.165, 1.54) is 15.6 Å². The number of nitrogens with zero attached hydrogens (tertiary/aromatic N) is 1. The van der Waals surface area contributed by atoms with Crippen LogP contribution in [-0.4, -0.2) is 44.3 Å². The standard InChI is InChI=1S/C12H19N3O3S2.ClH/c13-6-3-7-14-12(16)10-4-1-8-15(10)20(17,18)11-5-2-9-19-11;/h2,5,9-10H,1,3-4,6-8,13H2,(H,14,16);1H. The maximum absolute atomic E-state index is 12.5. The van der Waals surface area contributed by atoms with Gasteiger partial charge in [-0.2, -0.15) is 4.31 Å². The Bertz CT molecular complexity index is 548. The maximum Gasteiger partial charge on any atom is 0.253 e. The number of nitrogens with two attached hydrogens (primary N) is 1. The van der Waals surface area contributed by atoms with E-state index in [0.29, 0.717) is 43.1 Å². The van der Waals surface area contributed by atoms with Gasteiger partial charge in [0.25, 0.3) is 10.0 Å². The molecular formula is C12H20ClN3O3S2. The highest BCUT2D eigenvalue weighted by atomic mass is 35.5. The second-order valence-corrected chi connectivity index (χ2v) is 7.70. The summed E-state index contributed by atoms with van der Waals surface area (Å²) < 4.78 is 26.6. The summed E-state index contributed by atoms with van der Waals surface area (Å²) in [5.74, 6) is -0.226. The van der Waals surface area contributed by atoms with Crippen LogP contribution in [0.5, 0.6) is 0 Å². The molecule has 1 aliphatic heterocycles. The van der Waals surface area contributed by atoms with Gasteiger partial charge < -0.3 is 11.1 Å². The van der Waals surface area contributed by atoms with Crippen molar-refractivity contribution in [2.75, 3.05) is 19.6 Å². The van der Waals surface area contributed by atoms with Crippen molar-refractivity contribution in [3.05, 3.63) is 17.5 Å². The zero-order chi connectivity index (χ0) is 14.6. The first kappa shape index (κ1) is 18.4. The van der Waals surface area contributed by atoms with Crippen LogP contribution in [0.4, 0.5) is 0 Å². The lowest BCUT2D eigenvalue weighted by Gasteiger charge is -2.22. The maximum atomic E-state index is 12.5. The summed E-state index contributed by atoms with van der Waals surface area (Å²) in [6.45, 7) is 1.39. The molecule has 1 atom stereocenters. The molecule has 1 aromatic rings. The molecule has 9 heteroatoms. The summed E-state index contributed by atoms with van der Waals surface area (Å²) in [4.78, 5) is 12.1. The Morgan fingerprint density at radius 1 is 1.52 bits per heavy atom. The minimum absolute atomic E-state index is 0. The minimum atomic E-state index is -3.55. The van der Waals surface area contributed by atoms with Crippen LogP contribution in [0, 0.1) is 0 Å². The molecule has 0 aromatic carbocycles. The van der Waals surface area contributed by atoms with Crippen LogP contribution in [-0.2, 0) is 14.8 Å². The summed E-state index contributed by atoms with van der Waals surface area (Å²) >= 11 is 1.17. The van der Waals surface area contributed by atoms with Crippen LogP contribution < -0.4 is 11.1 Å². The summed E-state index contributed by atoms with van der Waals surface area (Å²) in [6, 6.07) is 2.67. The Hall–Kier alpha value is -0.670. The lowest BCUT2D eigenvalue weighted by Crippen LogP contribution is -2.46. The Labute approximate surface area is 135 Å². The van der Waals surface area contributed by atoms with E-state index in [9.17, 15) is 13.2 Å². The minimum Gasteiger partial charge on any atom is -0.355 e. The van der Waals surface area contributed by atoms with Crippen LogP contribution in [0.2, 0.25) is 0 Å². The topological polar surface area (TPSA) is 92.5 Å². The van der Waals surface area contributed by atoms with Crippen molar-refractivity contribution in [2.45, 2.75) is 29.5 Å². The lowest BCUT2D eigenvalue weighted by molar-refractivity contribution is -0.124. The van der Waals surface area contributed by atoms with Crippen LogP contribution >= 0.6 is 23.7 Å². The largest absolute Gasteiger partial charge is 0.355 e. The number of carbonyl (C=O) groups excluding carboxylic acids is 1. The average molecular weight is 354 g/mol. The first-order chi connectivity index (χ1) is 9.57. The van der Waals surface area contributed by atoms with Gasteiger partial charge in [-0.25, -0.2) is 8.42 Å². The fourth-order valence-electron chi connectivity index (χ4n) is 2.25. The number of sulfonamides is 1. The third-order valence-electron chi connectivity index (χ3n) is 3.24. The van der Waals surface area contributed by atoms with Crippen LogP contribution in [0.25, 0.3) is 0 Å². The van der Waals surface area contributed by atoms with Gasteiger partial charge in [0, 0.05) is 13.1 Å². The number of thiophene rings is 1. The number of amides is 1. The second-order valence-electron chi connectivity index (χ2n) is 4.64. The van der Waals surface area contributed by atoms with Crippen molar-refractivity contribution >= 4 is 39.7 Å². The molecule has 2 rings (SSSR count). The Balaban J connectivity index is 0.00000220. The van der Waals surface area contributed by atoms with Crippen molar-refractivity contribution in [2.24, 2.45) is 5.73 Å². The summed E-state index contributed by atoms with van der Waals surface area (Å²) in [6.07, 6.45) is 1.97. The normalized spacial score (nSPS) is 19.2. The first-order valence-corrected chi connectivity index (χ1v) is 8.92. The van der Waals surface area contributed by atoms with Gasteiger partial charge in [0.1, 0.15) is 10.3 Å². The highest BCUT2D eigenvalue weighted by Crippen LogP contribution is 2.28. The van der Waals surface area contributed by atoms with Crippen LogP contribution in [0.1, 0.15) is 19.3 Å². The molecule has 1 amide bonds. The fraction of sp³-hybridized carbons (Fsp3) is 0.583. The van der Waals surface area contributed by atoms with Gasteiger partial charge in [0.15, 0.2) is 0 Å². The SMILES string of the molecule is Cl.NCCCNC(=O)C1CCCN1S(=O)(=O)c1cccs1. The zero-order valence-electron chi connectivity index (χ0n) is 11.5. The van der Waals surface area contributed by atoms with Gasteiger partial charge in [0.2, 0.25) is 5.91 Å². The van der Waals surface area contributed by atoms with Crippen molar-refractivity contribution in [3.8, 4) is 0 Å². The van der Waals surface area contributed by atoms with E-state index in [0.717, 1.165) is 0 Å².